The third-order valence-corrected chi connectivity index (χ3v) is 9.10. The van der Waals surface area contributed by atoms with Crippen LogP contribution in [0, 0.1) is 0 Å². The van der Waals surface area contributed by atoms with Crippen LogP contribution in [0.1, 0.15) is 63.2 Å². The first-order valence-electron chi connectivity index (χ1n) is 11.4. The molecule has 182 valence electrons. The van der Waals surface area contributed by atoms with Crippen LogP contribution in [0.3, 0.4) is 0 Å². The maximum atomic E-state index is 13.1. The van der Waals surface area contributed by atoms with Gasteiger partial charge in [-0.2, -0.15) is 4.31 Å². The van der Waals surface area contributed by atoms with Gasteiger partial charge >= 0.3 is 0 Å². The van der Waals surface area contributed by atoms with Crippen LogP contribution in [-0.2, 0) is 19.9 Å². The number of amides is 1. The molecule has 0 aliphatic rings. The van der Waals surface area contributed by atoms with Crippen molar-refractivity contribution in [2.75, 3.05) is 24.2 Å². The van der Waals surface area contributed by atoms with E-state index in [0.29, 0.717) is 25.2 Å². The van der Waals surface area contributed by atoms with Gasteiger partial charge in [0.2, 0.25) is 10.0 Å². The lowest BCUT2D eigenvalue weighted by atomic mass is 10.2. The molecule has 7 nitrogen and oxygen atoms in total. The van der Waals surface area contributed by atoms with E-state index in [2.05, 4.69) is 5.32 Å². The van der Waals surface area contributed by atoms with Crippen molar-refractivity contribution < 1.29 is 21.6 Å². The summed E-state index contributed by atoms with van der Waals surface area (Å²) in [5, 5.41) is 2.68. The summed E-state index contributed by atoms with van der Waals surface area (Å²) >= 11 is 0. The standard InChI is InChI=1S/C24H34N2O5S2/c1-4-7-17-26(18-8-5-2)33(30,31)21-15-13-20(14-16-21)25-24(27)22-11-9-10-12-23(22)32(28,29)19-6-3/h9-16H,4-8,17-19H2,1-3H3,(H,25,27). The molecule has 0 heterocycles. The summed E-state index contributed by atoms with van der Waals surface area (Å²) in [4.78, 5) is 13.0. The zero-order valence-electron chi connectivity index (χ0n) is 19.6. The summed E-state index contributed by atoms with van der Waals surface area (Å²) in [6.45, 7) is 6.75. The highest BCUT2D eigenvalue weighted by Gasteiger charge is 2.24. The Labute approximate surface area is 198 Å². The molecule has 0 aliphatic carbocycles. The minimum atomic E-state index is -3.63. The van der Waals surface area contributed by atoms with Gasteiger partial charge in [0.05, 0.1) is 21.1 Å². The normalized spacial score (nSPS) is 12.1. The summed E-state index contributed by atoms with van der Waals surface area (Å²) in [5.74, 6) is -0.607. The molecule has 0 fully saturated rings. The predicted molar refractivity (Wildman–Crippen MR) is 132 cm³/mol. The molecular weight excluding hydrogens is 460 g/mol. The summed E-state index contributed by atoms with van der Waals surface area (Å²) in [6, 6.07) is 12.1. The number of hydrogen-bond donors (Lipinski definition) is 1. The lowest BCUT2D eigenvalue weighted by Gasteiger charge is -2.22. The Morgan fingerprint density at radius 2 is 1.39 bits per heavy atom. The number of carbonyl (C=O) groups excluding carboxylic acids is 1. The molecule has 0 saturated carbocycles. The van der Waals surface area contributed by atoms with Crippen LogP contribution >= 0.6 is 0 Å². The minimum absolute atomic E-state index is 0.00830. The lowest BCUT2D eigenvalue weighted by Crippen LogP contribution is -2.33. The fraction of sp³-hybridized carbons (Fsp3) is 0.458. The van der Waals surface area contributed by atoms with Crippen molar-refractivity contribution in [2.45, 2.75) is 62.7 Å². The summed E-state index contributed by atoms with van der Waals surface area (Å²) in [6.07, 6.45) is 3.83. The van der Waals surface area contributed by atoms with Gasteiger partial charge in [-0.25, -0.2) is 16.8 Å². The lowest BCUT2D eigenvalue weighted by molar-refractivity contribution is 0.102. The fourth-order valence-corrected chi connectivity index (χ4v) is 6.44. The number of hydrogen-bond acceptors (Lipinski definition) is 5. The monoisotopic (exact) mass is 494 g/mol. The molecule has 2 rings (SSSR count). The van der Waals surface area contributed by atoms with Gasteiger partial charge in [-0.1, -0.05) is 45.7 Å². The van der Waals surface area contributed by atoms with E-state index >= 15 is 0 Å². The average Bonchev–Trinajstić information content (AvgIpc) is 2.79. The molecule has 0 radical (unpaired) electrons. The molecule has 2 aromatic carbocycles. The first kappa shape index (κ1) is 27.0. The van der Waals surface area contributed by atoms with Gasteiger partial charge in [0.25, 0.3) is 5.91 Å². The number of nitrogens with one attached hydrogen (secondary N) is 1. The van der Waals surface area contributed by atoms with Gasteiger partial charge in [0.15, 0.2) is 9.84 Å². The Morgan fingerprint density at radius 3 is 1.94 bits per heavy atom. The summed E-state index contributed by atoms with van der Waals surface area (Å²) in [7, 11) is -7.21. The van der Waals surface area contributed by atoms with Crippen molar-refractivity contribution in [1.29, 1.82) is 0 Å². The molecule has 2 aromatic rings. The van der Waals surface area contributed by atoms with Gasteiger partial charge in [-0.15, -0.1) is 0 Å². The van der Waals surface area contributed by atoms with Crippen molar-refractivity contribution >= 4 is 31.5 Å². The van der Waals surface area contributed by atoms with Crippen molar-refractivity contribution in [1.82, 2.24) is 4.31 Å². The van der Waals surface area contributed by atoms with Gasteiger partial charge in [-0.05, 0) is 55.7 Å². The first-order chi connectivity index (χ1) is 15.7. The van der Waals surface area contributed by atoms with E-state index in [1.165, 1.54) is 40.7 Å². The number of sulfone groups is 1. The molecule has 0 bridgehead atoms. The molecule has 1 N–H and O–H groups in total. The van der Waals surface area contributed by atoms with Gasteiger partial charge < -0.3 is 5.32 Å². The minimum Gasteiger partial charge on any atom is -0.322 e. The zero-order chi connectivity index (χ0) is 24.5. The van der Waals surface area contributed by atoms with Gasteiger partial charge in [0, 0.05) is 18.8 Å². The topological polar surface area (TPSA) is 101 Å². The Bertz CT molecular complexity index is 1120. The average molecular weight is 495 g/mol. The van der Waals surface area contributed by atoms with Crippen molar-refractivity contribution in [3.05, 3.63) is 54.1 Å². The Balaban J connectivity index is 2.24. The molecular formula is C24H34N2O5S2. The smallest absolute Gasteiger partial charge is 0.256 e. The molecule has 9 heteroatoms. The number of carbonyl (C=O) groups is 1. The van der Waals surface area contributed by atoms with Crippen molar-refractivity contribution in [3.63, 3.8) is 0 Å². The van der Waals surface area contributed by atoms with E-state index in [4.69, 9.17) is 0 Å². The summed E-state index contributed by atoms with van der Waals surface area (Å²) < 4.78 is 52.7. The predicted octanol–water partition coefficient (Wildman–Crippen LogP) is 4.71. The first-order valence-corrected chi connectivity index (χ1v) is 14.5. The highest BCUT2D eigenvalue weighted by atomic mass is 32.2. The van der Waals surface area contributed by atoms with Crippen LogP contribution in [0.5, 0.6) is 0 Å². The zero-order valence-corrected chi connectivity index (χ0v) is 21.2. The van der Waals surface area contributed by atoms with Gasteiger partial charge in [-0.3, -0.25) is 4.79 Å². The van der Waals surface area contributed by atoms with Crippen LogP contribution in [0.2, 0.25) is 0 Å². The quantitative estimate of drug-likeness (QED) is 0.434. The van der Waals surface area contributed by atoms with E-state index in [1.807, 2.05) is 13.8 Å². The molecule has 0 atom stereocenters. The number of anilines is 1. The number of benzene rings is 2. The number of rotatable bonds is 13. The second-order valence-electron chi connectivity index (χ2n) is 7.90. The summed E-state index contributed by atoms with van der Waals surface area (Å²) in [5.41, 5.74) is 0.447. The van der Waals surface area contributed by atoms with Crippen LogP contribution in [0.4, 0.5) is 5.69 Å². The second-order valence-corrected chi connectivity index (χ2v) is 11.9. The Morgan fingerprint density at radius 1 is 0.818 bits per heavy atom. The van der Waals surface area contributed by atoms with Crippen LogP contribution in [-0.4, -0.2) is 45.9 Å². The Hall–Kier alpha value is -2.23. The van der Waals surface area contributed by atoms with E-state index in [0.717, 1.165) is 25.7 Å². The van der Waals surface area contributed by atoms with Crippen molar-refractivity contribution in [2.24, 2.45) is 0 Å². The number of nitrogens with zero attached hydrogens (tertiary/aromatic N) is 1. The maximum Gasteiger partial charge on any atom is 0.256 e. The largest absolute Gasteiger partial charge is 0.322 e. The third kappa shape index (κ3) is 7.12. The molecule has 0 unspecified atom stereocenters. The Kier molecular flexibility index (Phi) is 10.1. The van der Waals surface area contributed by atoms with E-state index in [-0.39, 0.29) is 21.1 Å². The second kappa shape index (κ2) is 12.3. The van der Waals surface area contributed by atoms with Crippen LogP contribution in [0.25, 0.3) is 0 Å². The molecule has 1 amide bonds. The number of sulfonamides is 1. The molecule has 0 spiro atoms. The van der Waals surface area contributed by atoms with Crippen LogP contribution in [0.15, 0.2) is 58.3 Å². The highest BCUT2D eigenvalue weighted by Crippen LogP contribution is 2.22. The molecule has 33 heavy (non-hydrogen) atoms. The molecule has 0 aromatic heterocycles. The van der Waals surface area contributed by atoms with E-state index in [9.17, 15) is 21.6 Å². The van der Waals surface area contributed by atoms with Crippen molar-refractivity contribution in [3.8, 4) is 0 Å². The fourth-order valence-electron chi connectivity index (χ4n) is 3.38. The van der Waals surface area contributed by atoms with E-state index < -0.39 is 25.8 Å². The van der Waals surface area contributed by atoms with Crippen LogP contribution < -0.4 is 5.32 Å². The van der Waals surface area contributed by atoms with Gasteiger partial charge in [0.1, 0.15) is 0 Å². The highest BCUT2D eigenvalue weighted by molar-refractivity contribution is 7.91. The molecule has 0 saturated heterocycles. The SMILES string of the molecule is CCCCN(CCCC)S(=O)(=O)c1ccc(NC(=O)c2ccccc2S(=O)(=O)CCC)cc1. The number of unbranched alkanes of at least 4 members (excludes halogenated alkanes) is 2. The third-order valence-electron chi connectivity index (χ3n) is 5.21. The maximum absolute atomic E-state index is 13.1. The van der Waals surface area contributed by atoms with E-state index in [1.54, 1.807) is 19.1 Å². The molecule has 0 aliphatic heterocycles.